The maximum absolute atomic E-state index is 13.5. The number of nitrogens with zero attached hydrogens (tertiary/aromatic N) is 3. The molecule has 0 saturated carbocycles. The second-order valence-corrected chi connectivity index (χ2v) is 7.27. The number of carbonyl (C=O) groups is 1. The van der Waals surface area contributed by atoms with E-state index in [4.69, 9.17) is 5.73 Å². The molecule has 2 N–H and O–H groups in total. The Morgan fingerprint density at radius 3 is 2.03 bits per heavy atom. The number of nitrogens with two attached hydrogens (primary N) is 1. The maximum atomic E-state index is 13.5. The van der Waals surface area contributed by atoms with Gasteiger partial charge in [-0.2, -0.15) is 35.8 Å². The number of hydrogen-bond donors (Lipinski definition) is 1. The molecule has 0 unspecified atom stereocenters. The number of carbonyl (C=O) groups excluding carboxylic acids is 1. The quantitative estimate of drug-likeness (QED) is 0.182. The van der Waals surface area contributed by atoms with E-state index >= 15 is 0 Å². The van der Waals surface area contributed by atoms with Crippen LogP contribution in [0.15, 0.2) is 60.6 Å². The molecule has 0 fully saturated rings. The van der Waals surface area contributed by atoms with Gasteiger partial charge in [0.1, 0.15) is 0 Å². The lowest BCUT2D eigenvalue weighted by atomic mass is 9.95. The summed E-state index contributed by atoms with van der Waals surface area (Å²) in [7, 11) is 0. The van der Waals surface area contributed by atoms with Gasteiger partial charge in [0.05, 0.1) is 22.4 Å². The van der Waals surface area contributed by atoms with E-state index in [1.807, 2.05) is 0 Å². The zero-order valence-corrected chi connectivity index (χ0v) is 17.9. The monoisotopic (exact) mass is 488 g/mol. The largest absolute Gasteiger partial charge is 0.416 e. The Labute approximate surface area is 190 Å². The number of hydrazone groups is 1. The van der Waals surface area contributed by atoms with Crippen molar-refractivity contribution in [2.75, 3.05) is 0 Å². The van der Waals surface area contributed by atoms with Gasteiger partial charge >= 0.3 is 12.4 Å². The molecule has 0 radical (unpaired) electrons. The van der Waals surface area contributed by atoms with Crippen LogP contribution in [0.2, 0.25) is 0 Å². The van der Waals surface area contributed by atoms with Crippen LogP contribution < -0.4 is 5.73 Å². The molecule has 1 amide bonds. The second kappa shape index (κ2) is 10.1. The number of alkyl halides is 6. The number of benzene rings is 1. The molecule has 182 valence electrons. The van der Waals surface area contributed by atoms with E-state index in [0.717, 1.165) is 29.7 Å². The van der Waals surface area contributed by atoms with Gasteiger partial charge in [0.2, 0.25) is 5.95 Å². The normalized spacial score (nSPS) is 13.2. The molecule has 12 heteroatoms. The Morgan fingerprint density at radius 1 is 1.06 bits per heavy atom. The molecule has 0 bridgehead atoms. The smallest absolute Gasteiger partial charge is 0.366 e. The number of rotatable bonds is 7. The lowest BCUT2D eigenvalue weighted by Crippen LogP contribution is -2.20. The summed E-state index contributed by atoms with van der Waals surface area (Å²) in [4.78, 5) is 15.3. The van der Waals surface area contributed by atoms with Gasteiger partial charge in [0, 0.05) is 24.7 Å². The fourth-order valence-electron chi connectivity index (χ4n) is 2.84. The zero-order chi connectivity index (χ0) is 25.8. The molecule has 0 atom stereocenters. The summed E-state index contributed by atoms with van der Waals surface area (Å²) in [6, 6.07) is 3.29. The van der Waals surface area contributed by atoms with Crippen molar-refractivity contribution >= 4 is 17.2 Å². The zero-order valence-electron chi connectivity index (χ0n) is 17.9. The van der Waals surface area contributed by atoms with Crippen LogP contribution in [0.3, 0.4) is 0 Å². The molecular formula is C22H19F7N4O. The molecule has 0 aliphatic rings. The van der Waals surface area contributed by atoms with E-state index in [1.54, 1.807) is 0 Å². The predicted octanol–water partition coefficient (Wildman–Crippen LogP) is 5.59. The van der Waals surface area contributed by atoms with Crippen LogP contribution in [-0.2, 0) is 17.1 Å². The summed E-state index contributed by atoms with van der Waals surface area (Å²) < 4.78 is 93.2. The van der Waals surface area contributed by atoms with Crippen LogP contribution in [0.4, 0.5) is 30.7 Å². The van der Waals surface area contributed by atoms with Gasteiger partial charge in [-0.3, -0.25) is 4.79 Å². The number of halogens is 7. The van der Waals surface area contributed by atoms with Crippen molar-refractivity contribution in [3.05, 3.63) is 83.7 Å². The first kappa shape index (κ1) is 26.6. The Balaban J connectivity index is 2.70. The minimum atomic E-state index is -5.04. The van der Waals surface area contributed by atoms with E-state index in [9.17, 15) is 35.5 Å². The summed E-state index contributed by atoms with van der Waals surface area (Å²) in [5.74, 6) is -2.57. The van der Waals surface area contributed by atoms with Crippen LogP contribution in [0.25, 0.3) is 5.57 Å². The summed E-state index contributed by atoms with van der Waals surface area (Å²) in [6.07, 6.45) is -6.95. The van der Waals surface area contributed by atoms with Crippen molar-refractivity contribution in [1.82, 2.24) is 9.99 Å². The highest BCUT2D eigenvalue weighted by Gasteiger charge is 2.37. The molecule has 2 aromatic rings. The molecular weight excluding hydrogens is 469 g/mol. The van der Waals surface area contributed by atoms with Gasteiger partial charge in [-0.25, -0.2) is 9.99 Å². The molecule has 0 aliphatic heterocycles. The lowest BCUT2D eigenvalue weighted by molar-refractivity contribution is -0.143. The molecule has 1 aromatic carbocycles. The van der Waals surface area contributed by atoms with Crippen molar-refractivity contribution < 1.29 is 35.5 Å². The van der Waals surface area contributed by atoms with Gasteiger partial charge in [-0.15, -0.1) is 0 Å². The molecule has 5 nitrogen and oxygen atoms in total. The van der Waals surface area contributed by atoms with Gasteiger partial charge in [0.15, 0.2) is 0 Å². The number of amides is 1. The molecule has 2 rings (SSSR count). The SMILES string of the molecule is C=CN(/C=C(\C(N)=O)c1ccnc(F)c1)/N=C(/c1cc(C(F)(F)F)cc(C(F)(F)F)c1)C(C)C. The first-order valence-corrected chi connectivity index (χ1v) is 9.56. The number of primary amides is 1. The molecule has 0 saturated heterocycles. The molecule has 1 aromatic heterocycles. The molecule has 0 aliphatic carbocycles. The highest BCUT2D eigenvalue weighted by molar-refractivity contribution is 6.18. The fourth-order valence-corrected chi connectivity index (χ4v) is 2.84. The van der Waals surface area contributed by atoms with Crippen LogP contribution in [0.1, 0.15) is 36.1 Å². The van der Waals surface area contributed by atoms with Crippen LogP contribution in [0, 0.1) is 11.9 Å². The van der Waals surface area contributed by atoms with Crippen LogP contribution in [0.5, 0.6) is 0 Å². The van der Waals surface area contributed by atoms with Crippen LogP contribution in [-0.4, -0.2) is 21.6 Å². The third-order valence-electron chi connectivity index (χ3n) is 4.40. The third kappa shape index (κ3) is 6.65. The molecule has 0 spiro atoms. The van der Waals surface area contributed by atoms with Gasteiger partial charge < -0.3 is 5.73 Å². The van der Waals surface area contributed by atoms with Crippen molar-refractivity contribution in [3.63, 3.8) is 0 Å². The second-order valence-electron chi connectivity index (χ2n) is 7.27. The van der Waals surface area contributed by atoms with E-state index in [-0.39, 0.29) is 22.9 Å². The van der Waals surface area contributed by atoms with E-state index in [0.29, 0.717) is 12.1 Å². The third-order valence-corrected chi connectivity index (χ3v) is 4.40. The van der Waals surface area contributed by atoms with Gasteiger partial charge in [-0.1, -0.05) is 20.4 Å². The first-order valence-electron chi connectivity index (χ1n) is 9.56. The molecule has 34 heavy (non-hydrogen) atoms. The van der Waals surface area contributed by atoms with E-state index < -0.39 is 46.8 Å². The minimum absolute atomic E-state index is 0.00972. The lowest BCUT2D eigenvalue weighted by Gasteiger charge is -2.19. The highest BCUT2D eigenvalue weighted by atomic mass is 19.4. The Kier molecular flexibility index (Phi) is 7.86. The fraction of sp³-hybridized carbons (Fsp3) is 0.227. The van der Waals surface area contributed by atoms with Crippen LogP contribution >= 0.6 is 0 Å². The average molecular weight is 488 g/mol. The summed E-state index contributed by atoms with van der Waals surface area (Å²) in [6.45, 7) is 6.49. The summed E-state index contributed by atoms with van der Waals surface area (Å²) in [5, 5.41) is 4.97. The number of pyridine rings is 1. The molecule has 1 heterocycles. The minimum Gasteiger partial charge on any atom is -0.366 e. The highest BCUT2D eigenvalue weighted by Crippen LogP contribution is 2.37. The Hall–Kier alpha value is -3.70. The van der Waals surface area contributed by atoms with Gasteiger partial charge in [0.25, 0.3) is 5.91 Å². The Morgan fingerprint density at radius 2 is 1.62 bits per heavy atom. The van der Waals surface area contributed by atoms with Crippen molar-refractivity contribution in [2.24, 2.45) is 16.8 Å². The van der Waals surface area contributed by atoms with Crippen molar-refractivity contribution in [2.45, 2.75) is 26.2 Å². The standard InChI is InChI=1S/C22H19F7N4O/c1-4-33(11-17(20(30)34)13-5-6-31-18(23)9-13)32-19(12(2)3)14-7-15(21(24,25)26)10-16(8-14)22(27,28)29/h4-12H,1H2,2-3H3,(H2,30,34)/b17-11-,32-19+. The van der Waals surface area contributed by atoms with Crippen molar-refractivity contribution in [3.8, 4) is 0 Å². The Bertz CT molecular complexity index is 1100. The number of aromatic nitrogens is 1. The summed E-state index contributed by atoms with van der Waals surface area (Å²) >= 11 is 0. The average Bonchev–Trinajstić information content (AvgIpc) is 2.71. The summed E-state index contributed by atoms with van der Waals surface area (Å²) in [5.41, 5.74) is 1.50. The predicted molar refractivity (Wildman–Crippen MR) is 111 cm³/mol. The van der Waals surface area contributed by atoms with E-state index in [2.05, 4.69) is 16.7 Å². The topological polar surface area (TPSA) is 71.6 Å². The van der Waals surface area contributed by atoms with Crippen molar-refractivity contribution in [1.29, 1.82) is 0 Å². The number of hydrogen-bond acceptors (Lipinski definition) is 4. The maximum Gasteiger partial charge on any atom is 0.416 e. The first-order chi connectivity index (χ1) is 15.6. The van der Waals surface area contributed by atoms with Gasteiger partial charge in [-0.05, 0) is 41.3 Å². The van der Waals surface area contributed by atoms with E-state index in [1.165, 1.54) is 19.9 Å².